The molecule has 0 fully saturated rings. The van der Waals surface area contributed by atoms with Crippen molar-refractivity contribution in [3.8, 4) is 11.8 Å². The third-order valence-electron chi connectivity index (χ3n) is 6.16. The van der Waals surface area contributed by atoms with Crippen LogP contribution in [0.3, 0.4) is 0 Å². The summed E-state index contributed by atoms with van der Waals surface area (Å²) in [6.07, 6.45) is 1.71. The molecule has 0 amide bonds. The summed E-state index contributed by atoms with van der Waals surface area (Å²) in [4.78, 5) is 32.8. The Kier molecular flexibility index (Phi) is 9.00. The molecule has 2 heterocycles. The lowest BCUT2D eigenvalue weighted by Crippen LogP contribution is -2.40. The Morgan fingerprint density at radius 1 is 1.17 bits per heavy atom. The highest BCUT2D eigenvalue weighted by Gasteiger charge is 2.35. The molecule has 1 aromatic heterocycles. The lowest BCUT2D eigenvalue weighted by Gasteiger charge is -2.25. The van der Waals surface area contributed by atoms with E-state index in [1.807, 2.05) is 48.5 Å². The van der Waals surface area contributed by atoms with Crippen LogP contribution in [-0.4, -0.2) is 23.8 Å². The Labute approximate surface area is 265 Å². The fraction of sp³-hybridized carbons (Fsp3) is 0.133. The van der Waals surface area contributed by atoms with Crippen molar-refractivity contribution in [2.45, 2.75) is 13.0 Å². The largest absolute Gasteiger partial charge is 0.477 e. The van der Waals surface area contributed by atoms with Crippen LogP contribution in [0.4, 0.5) is 4.39 Å². The van der Waals surface area contributed by atoms with Crippen LogP contribution in [0.1, 0.15) is 29.7 Å². The van der Waals surface area contributed by atoms with E-state index in [0.717, 1.165) is 7.14 Å². The third-order valence-corrected chi connectivity index (χ3v) is 8.57. The van der Waals surface area contributed by atoms with Gasteiger partial charge in [0.2, 0.25) is 0 Å². The quantitative estimate of drug-likeness (QED) is 0.190. The molecule has 41 heavy (non-hydrogen) atoms. The van der Waals surface area contributed by atoms with E-state index in [0.29, 0.717) is 37.5 Å². The van der Waals surface area contributed by atoms with Gasteiger partial charge in [0, 0.05) is 14.7 Å². The molecule has 0 N–H and O–H groups in total. The van der Waals surface area contributed by atoms with E-state index in [2.05, 4.69) is 45.2 Å². The number of benzene rings is 3. The van der Waals surface area contributed by atoms with Crippen LogP contribution >= 0.6 is 56.5 Å². The zero-order valence-electron chi connectivity index (χ0n) is 21.4. The molecule has 1 aliphatic heterocycles. The van der Waals surface area contributed by atoms with Gasteiger partial charge < -0.3 is 9.47 Å². The van der Waals surface area contributed by atoms with Crippen molar-refractivity contribution in [2.24, 2.45) is 4.99 Å². The molecular formula is C30H20FI2N3O4S. The highest BCUT2D eigenvalue weighted by molar-refractivity contribution is 14.1. The number of ether oxygens (including phenoxy) is 2. The number of thiazole rings is 1. The Balaban J connectivity index is 1.82. The van der Waals surface area contributed by atoms with Gasteiger partial charge in [0.1, 0.15) is 17.6 Å². The summed E-state index contributed by atoms with van der Waals surface area (Å²) in [7, 11) is 0. The van der Waals surface area contributed by atoms with Gasteiger partial charge in [0.25, 0.3) is 5.56 Å². The minimum Gasteiger partial charge on any atom is -0.477 e. The molecule has 0 unspecified atom stereocenters. The van der Waals surface area contributed by atoms with Crippen LogP contribution < -0.4 is 19.6 Å². The number of carbonyl (C=O) groups is 1. The van der Waals surface area contributed by atoms with Crippen molar-refractivity contribution in [3.63, 3.8) is 0 Å². The lowest BCUT2D eigenvalue weighted by molar-refractivity contribution is -0.138. The number of fused-ring (bicyclic) bond motifs is 1. The normalized spacial score (nSPS) is 14.7. The topological polar surface area (TPSA) is 93.7 Å². The van der Waals surface area contributed by atoms with Crippen LogP contribution in [0.25, 0.3) is 11.8 Å². The van der Waals surface area contributed by atoms with Crippen molar-refractivity contribution >= 4 is 74.3 Å². The predicted octanol–water partition coefficient (Wildman–Crippen LogP) is 5.19. The minimum atomic E-state index is -0.909. The fourth-order valence-corrected chi connectivity index (χ4v) is 7.52. The van der Waals surface area contributed by atoms with E-state index in [9.17, 15) is 14.0 Å². The van der Waals surface area contributed by atoms with Crippen molar-refractivity contribution in [3.05, 3.63) is 122 Å². The minimum absolute atomic E-state index is 0.127. The molecule has 0 aliphatic carbocycles. The maximum absolute atomic E-state index is 14.1. The standard InChI is InChI=1S/C30H20FI2N3O4S/c1-2-39-29(38)24-25(17-6-4-3-5-7-17)35-30-36(26(24)18-8-10-20(31)11-9-18)28(37)23(41-30)15-19-14-21(32)16-22(33)27(19)40-13-12-34/h3-11,14-16,26H,2,13H2,1H3/b23-15-/t26-/m0/s1. The molecule has 0 saturated heterocycles. The average Bonchev–Trinajstić information content (AvgIpc) is 3.27. The second-order valence-corrected chi connectivity index (χ2v) is 12.2. The molecule has 7 nitrogen and oxygen atoms in total. The zero-order valence-corrected chi connectivity index (χ0v) is 26.6. The molecular weight excluding hydrogens is 771 g/mol. The number of carbonyl (C=O) groups excluding carboxylic acids is 1. The third kappa shape index (κ3) is 6.00. The predicted molar refractivity (Wildman–Crippen MR) is 170 cm³/mol. The van der Waals surface area contributed by atoms with E-state index in [4.69, 9.17) is 19.7 Å². The van der Waals surface area contributed by atoms with Gasteiger partial charge in [0.05, 0.1) is 32.0 Å². The molecule has 0 bridgehead atoms. The van der Waals surface area contributed by atoms with Crippen LogP contribution in [0.2, 0.25) is 0 Å². The van der Waals surface area contributed by atoms with E-state index in [1.54, 1.807) is 25.1 Å². The molecule has 5 rings (SSSR count). The summed E-state index contributed by atoms with van der Waals surface area (Å²) in [5, 5.41) is 9.07. The Morgan fingerprint density at radius 3 is 2.59 bits per heavy atom. The monoisotopic (exact) mass is 791 g/mol. The summed E-state index contributed by atoms with van der Waals surface area (Å²) in [5.41, 5.74) is 2.04. The van der Waals surface area contributed by atoms with Gasteiger partial charge in [-0.05, 0) is 88.0 Å². The first-order valence-electron chi connectivity index (χ1n) is 12.3. The molecule has 3 aromatic carbocycles. The number of rotatable bonds is 7. The van der Waals surface area contributed by atoms with Crippen molar-refractivity contribution in [1.29, 1.82) is 5.26 Å². The molecule has 0 radical (unpaired) electrons. The van der Waals surface area contributed by atoms with Crippen LogP contribution in [0.15, 0.2) is 82.1 Å². The number of nitriles is 1. The molecule has 0 saturated carbocycles. The molecule has 1 atom stereocenters. The second-order valence-electron chi connectivity index (χ2n) is 8.74. The summed E-state index contributed by atoms with van der Waals surface area (Å²) in [5.74, 6) is -0.562. The Hall–Kier alpha value is -3.35. The van der Waals surface area contributed by atoms with E-state index in [1.165, 1.54) is 28.0 Å². The smallest absolute Gasteiger partial charge is 0.338 e. The Morgan fingerprint density at radius 2 is 1.90 bits per heavy atom. The second kappa shape index (κ2) is 12.7. The summed E-state index contributed by atoms with van der Waals surface area (Å²) >= 11 is 5.49. The molecule has 11 heteroatoms. The van der Waals surface area contributed by atoms with Gasteiger partial charge >= 0.3 is 5.97 Å². The molecule has 0 spiro atoms. The zero-order chi connectivity index (χ0) is 29.1. The first-order chi connectivity index (χ1) is 19.8. The molecule has 1 aliphatic rings. The van der Waals surface area contributed by atoms with Crippen LogP contribution in [0.5, 0.6) is 5.75 Å². The Bertz CT molecular complexity index is 1900. The van der Waals surface area contributed by atoms with Gasteiger partial charge in [-0.25, -0.2) is 14.2 Å². The summed E-state index contributed by atoms with van der Waals surface area (Å²) in [6, 6.07) is 19.8. The number of halogens is 3. The van der Waals surface area contributed by atoms with E-state index < -0.39 is 17.8 Å². The first kappa shape index (κ1) is 29.2. The number of esters is 1. The number of hydrogen-bond donors (Lipinski definition) is 0. The lowest BCUT2D eigenvalue weighted by atomic mass is 9.93. The van der Waals surface area contributed by atoms with Crippen molar-refractivity contribution in [2.75, 3.05) is 13.2 Å². The number of aromatic nitrogens is 1. The van der Waals surface area contributed by atoms with Gasteiger partial charge in [-0.15, -0.1) is 0 Å². The highest BCUT2D eigenvalue weighted by Crippen LogP contribution is 2.35. The highest BCUT2D eigenvalue weighted by atomic mass is 127. The van der Waals surface area contributed by atoms with E-state index in [-0.39, 0.29) is 24.3 Å². The van der Waals surface area contributed by atoms with Crippen LogP contribution in [0, 0.1) is 24.3 Å². The summed E-state index contributed by atoms with van der Waals surface area (Å²) < 4.78 is 28.6. The number of hydrogen-bond acceptors (Lipinski definition) is 7. The van der Waals surface area contributed by atoms with Crippen LogP contribution in [-0.2, 0) is 9.53 Å². The number of nitrogens with zero attached hydrogens (tertiary/aromatic N) is 3. The average molecular weight is 791 g/mol. The van der Waals surface area contributed by atoms with Gasteiger partial charge in [-0.2, -0.15) is 5.26 Å². The maximum Gasteiger partial charge on any atom is 0.338 e. The first-order valence-corrected chi connectivity index (χ1v) is 15.3. The van der Waals surface area contributed by atoms with Gasteiger partial charge in [0.15, 0.2) is 11.4 Å². The van der Waals surface area contributed by atoms with Gasteiger partial charge in [-0.1, -0.05) is 53.8 Å². The van der Waals surface area contributed by atoms with E-state index >= 15 is 0 Å². The van der Waals surface area contributed by atoms with Crippen molar-refractivity contribution in [1.82, 2.24) is 4.57 Å². The molecule has 206 valence electrons. The SMILES string of the molecule is CCOC(=O)C1=C(c2ccccc2)N=c2s/c(=C\c3cc(I)cc(I)c3OCC#N)c(=O)n2[C@H]1c1ccc(F)cc1. The fourth-order valence-electron chi connectivity index (χ4n) is 4.49. The maximum atomic E-state index is 14.1. The summed E-state index contributed by atoms with van der Waals surface area (Å²) in [6.45, 7) is 1.69. The van der Waals surface area contributed by atoms with Gasteiger partial charge in [-0.3, -0.25) is 9.36 Å². The molecule has 4 aromatic rings. The van der Waals surface area contributed by atoms with Crippen molar-refractivity contribution < 1.29 is 18.7 Å².